The number of hydrogen-bond donors (Lipinski definition) is 0. The summed E-state index contributed by atoms with van der Waals surface area (Å²) in [5, 5.41) is 20.9. The standard InChI is InChI=1S/C90H48N8OS/c1-2-19-52-45-56(41-38-49(52)18-1)86-92-88(82-64-28-9-16-35-76(64)100-90(82)94-86)98-71-33-14-6-25-60(71)78-74(98)48-66-58-23-4-11-30-68(58)96-72-46-55(42-43-62(72)80(78)84(66)96)54-21-17-20-53(44-54)50-36-39-51(40-37-50)85-91-87(81-63-27-8-15-34-75(63)99-89(81)93-85)97-70-32-13-5-24-59(70)77-73(97)47-65-57-22-3-10-29-67(57)95-69-31-12-7-26-61(69)79(77)83(65)95/h1-48H. The first-order valence-corrected chi connectivity index (χ1v) is 34.7. The van der Waals surface area contributed by atoms with Crippen molar-refractivity contribution in [2.45, 2.75) is 0 Å². The number of furan rings is 1. The van der Waals surface area contributed by atoms with Gasteiger partial charge in [0, 0.05) is 91.2 Å². The lowest BCUT2D eigenvalue weighted by Gasteiger charge is -2.12. The molecule has 0 N–H and O–H groups in total. The number of aromatic nitrogens is 8. The number of rotatable bonds is 6. The molecule has 0 radical (unpaired) electrons. The quantitative estimate of drug-likeness (QED) is 0.166. The fourth-order valence-corrected chi connectivity index (χ4v) is 18.5. The summed E-state index contributed by atoms with van der Waals surface area (Å²) in [7, 11) is 0. The van der Waals surface area contributed by atoms with Gasteiger partial charge in [-0.15, -0.1) is 11.3 Å². The molecule has 0 aliphatic carbocycles. The van der Waals surface area contributed by atoms with Gasteiger partial charge < -0.3 is 13.2 Å². The first-order chi connectivity index (χ1) is 49.6. The molecule has 0 fully saturated rings. The summed E-state index contributed by atoms with van der Waals surface area (Å²) < 4.78 is 17.7. The molecule has 0 saturated carbocycles. The predicted molar refractivity (Wildman–Crippen MR) is 415 cm³/mol. The summed E-state index contributed by atoms with van der Waals surface area (Å²) in [6.45, 7) is 0. The average Bonchev–Trinajstić information content (AvgIpc) is 1.52. The molecule has 0 aliphatic rings. The summed E-state index contributed by atoms with van der Waals surface area (Å²) in [5.74, 6) is 2.95. The Labute approximate surface area is 570 Å². The van der Waals surface area contributed by atoms with Gasteiger partial charge in [0.25, 0.3) is 0 Å². The number of para-hydroxylation sites is 6. The third-order valence-electron chi connectivity index (χ3n) is 21.7. The van der Waals surface area contributed by atoms with Gasteiger partial charge >= 0.3 is 0 Å². The minimum Gasteiger partial charge on any atom is -0.437 e. The Morgan fingerprint density at radius 1 is 0.260 bits per heavy atom. The number of hydrogen-bond acceptors (Lipinski definition) is 6. The van der Waals surface area contributed by atoms with E-state index >= 15 is 0 Å². The van der Waals surface area contributed by atoms with E-state index in [1.165, 1.54) is 102 Å². The van der Waals surface area contributed by atoms with Crippen LogP contribution in [0.2, 0.25) is 0 Å². The zero-order chi connectivity index (χ0) is 64.7. The molecular formula is C90H48N8OS. The maximum absolute atomic E-state index is 6.75. The highest BCUT2D eigenvalue weighted by atomic mass is 32.1. The van der Waals surface area contributed by atoms with Gasteiger partial charge in [0.05, 0.1) is 65.9 Å². The van der Waals surface area contributed by atoms with Crippen LogP contribution in [0, 0.1) is 0 Å². The van der Waals surface area contributed by atoms with Crippen molar-refractivity contribution >= 4 is 184 Å². The van der Waals surface area contributed by atoms with Gasteiger partial charge in [-0.2, -0.15) is 4.98 Å². The summed E-state index contributed by atoms with van der Waals surface area (Å²) in [6, 6.07) is 106. The van der Waals surface area contributed by atoms with Crippen LogP contribution < -0.4 is 0 Å². The van der Waals surface area contributed by atoms with Crippen molar-refractivity contribution in [3.05, 3.63) is 291 Å². The lowest BCUT2D eigenvalue weighted by Crippen LogP contribution is -2.02. The van der Waals surface area contributed by atoms with E-state index in [9.17, 15) is 0 Å². The summed E-state index contributed by atoms with van der Waals surface area (Å²) in [6.07, 6.45) is 0. The Hall–Kier alpha value is -13.3. The Kier molecular flexibility index (Phi) is 10.2. The molecule has 100 heavy (non-hydrogen) atoms. The topological polar surface area (TPSA) is 83.4 Å². The molecule has 10 heterocycles. The largest absolute Gasteiger partial charge is 0.437 e. The first kappa shape index (κ1) is 52.9. The minimum absolute atomic E-state index is 0.543. The van der Waals surface area contributed by atoms with E-state index < -0.39 is 0 Å². The lowest BCUT2D eigenvalue weighted by molar-refractivity contribution is 0.653. The van der Waals surface area contributed by atoms with Crippen LogP contribution in [0.25, 0.3) is 230 Å². The highest BCUT2D eigenvalue weighted by Gasteiger charge is 2.30. The third kappa shape index (κ3) is 6.93. The molecule has 24 rings (SSSR count). The van der Waals surface area contributed by atoms with Crippen LogP contribution in [0.4, 0.5) is 0 Å². The minimum atomic E-state index is 0.543. The molecule has 0 atom stereocenters. The summed E-state index contributed by atoms with van der Waals surface area (Å²) in [4.78, 5) is 23.0. The molecule has 0 amide bonds. The Bertz CT molecular complexity index is 7730. The van der Waals surface area contributed by atoms with Crippen LogP contribution >= 0.6 is 11.3 Å². The maximum atomic E-state index is 6.75. The van der Waals surface area contributed by atoms with Gasteiger partial charge in [-0.05, 0) is 106 Å². The number of benzene rings is 14. The van der Waals surface area contributed by atoms with Crippen LogP contribution in [0.3, 0.4) is 0 Å². The van der Waals surface area contributed by atoms with Gasteiger partial charge in [-0.25, -0.2) is 15.0 Å². The van der Waals surface area contributed by atoms with Gasteiger partial charge in [0.1, 0.15) is 10.4 Å². The van der Waals surface area contributed by atoms with E-state index in [-0.39, 0.29) is 0 Å². The van der Waals surface area contributed by atoms with Crippen molar-refractivity contribution in [2.75, 3.05) is 0 Å². The van der Waals surface area contributed by atoms with Crippen molar-refractivity contribution in [3.8, 4) is 56.7 Å². The Balaban J connectivity index is 0.658. The molecule has 0 saturated heterocycles. The number of nitrogens with zero attached hydrogens (tertiary/aromatic N) is 8. The molecule has 14 aromatic carbocycles. The second kappa shape index (κ2) is 19.3. The van der Waals surface area contributed by atoms with E-state index in [0.717, 1.165) is 110 Å². The predicted octanol–water partition coefficient (Wildman–Crippen LogP) is 23.8. The van der Waals surface area contributed by atoms with E-state index in [0.29, 0.717) is 17.4 Å². The fraction of sp³-hybridized carbons (Fsp3) is 0. The number of thiophene rings is 1. The SMILES string of the molecule is c1cc(-c2ccc(-c3nc(-n4c5ccccc5c5c6c7ccccc7n7c8ccccc8c(cc54)c67)c4c(n3)oc3ccccc34)cc2)cc(-c2ccc3c4c5c6ccccc6n(-c6nc(-c7ccc8ccccc8c7)nc7sc8ccccc8c67)c5cc5c6ccccc6n(c3c2)c54)c1. The molecule has 0 aliphatic heterocycles. The molecule has 460 valence electrons. The van der Waals surface area contributed by atoms with Crippen molar-refractivity contribution in [2.24, 2.45) is 0 Å². The maximum Gasteiger partial charge on any atom is 0.233 e. The second-order valence-corrected chi connectivity index (χ2v) is 27.8. The smallest absolute Gasteiger partial charge is 0.233 e. The first-order valence-electron chi connectivity index (χ1n) is 33.9. The molecule has 0 bridgehead atoms. The third-order valence-corrected chi connectivity index (χ3v) is 22.7. The van der Waals surface area contributed by atoms with Crippen LogP contribution in [-0.2, 0) is 0 Å². The molecule has 24 aromatic rings. The Morgan fingerprint density at radius 3 is 1.42 bits per heavy atom. The molecule has 10 aromatic heterocycles. The van der Waals surface area contributed by atoms with Gasteiger partial charge in [0.15, 0.2) is 23.3 Å². The van der Waals surface area contributed by atoms with E-state index in [2.05, 4.69) is 297 Å². The summed E-state index contributed by atoms with van der Waals surface area (Å²) in [5.41, 5.74) is 19.2. The summed E-state index contributed by atoms with van der Waals surface area (Å²) >= 11 is 1.73. The van der Waals surface area contributed by atoms with Crippen LogP contribution in [0.15, 0.2) is 296 Å². The zero-order valence-corrected chi connectivity index (χ0v) is 53.9. The monoisotopic (exact) mass is 1290 g/mol. The molecule has 0 spiro atoms. The van der Waals surface area contributed by atoms with Crippen molar-refractivity contribution in [3.63, 3.8) is 0 Å². The average molecular weight is 1290 g/mol. The molecule has 9 nitrogen and oxygen atoms in total. The van der Waals surface area contributed by atoms with E-state index in [4.69, 9.17) is 24.4 Å². The van der Waals surface area contributed by atoms with Crippen LogP contribution in [0.5, 0.6) is 0 Å². The zero-order valence-electron chi connectivity index (χ0n) is 53.1. The molecular weight excluding hydrogens is 1240 g/mol. The van der Waals surface area contributed by atoms with E-state index in [1.54, 1.807) is 11.3 Å². The Morgan fingerprint density at radius 2 is 0.740 bits per heavy atom. The van der Waals surface area contributed by atoms with Gasteiger partial charge in [-0.1, -0.05) is 218 Å². The van der Waals surface area contributed by atoms with Crippen molar-refractivity contribution in [1.29, 1.82) is 0 Å². The van der Waals surface area contributed by atoms with Crippen molar-refractivity contribution < 1.29 is 4.42 Å². The lowest BCUT2D eigenvalue weighted by atomic mass is 9.97. The highest BCUT2D eigenvalue weighted by molar-refractivity contribution is 7.25. The molecule has 10 heteroatoms. The normalized spacial score (nSPS) is 12.6. The van der Waals surface area contributed by atoms with Gasteiger partial charge in [0.2, 0.25) is 5.71 Å². The van der Waals surface area contributed by atoms with Gasteiger partial charge in [-0.3, -0.25) is 9.13 Å². The van der Waals surface area contributed by atoms with Crippen molar-refractivity contribution in [1.82, 2.24) is 37.9 Å². The van der Waals surface area contributed by atoms with Crippen LogP contribution in [0.1, 0.15) is 0 Å². The fourth-order valence-electron chi connectivity index (χ4n) is 17.4. The van der Waals surface area contributed by atoms with Crippen LogP contribution in [-0.4, -0.2) is 37.9 Å². The van der Waals surface area contributed by atoms with E-state index in [1.807, 2.05) is 12.1 Å². The second-order valence-electron chi connectivity index (χ2n) is 26.8. The number of fused-ring (bicyclic) bond motifs is 27. The molecule has 0 unspecified atom stereocenters. The highest BCUT2D eigenvalue weighted by Crippen LogP contribution is 2.51.